The van der Waals surface area contributed by atoms with E-state index in [4.69, 9.17) is 0 Å². The van der Waals surface area contributed by atoms with Crippen LogP contribution >= 0.6 is 0 Å². The maximum absolute atomic E-state index is 12.4. The lowest BCUT2D eigenvalue weighted by Crippen LogP contribution is -2.14. The fourth-order valence-corrected chi connectivity index (χ4v) is 13.4. The Labute approximate surface area is 554 Å². The minimum Gasteiger partial charge on any atom is -0.477 e. The Morgan fingerprint density at radius 2 is 0.635 bits per heavy atom. The number of rotatable bonds is 17. The number of anilines is 12. The summed E-state index contributed by atoms with van der Waals surface area (Å²) >= 11 is 0. The summed E-state index contributed by atoms with van der Waals surface area (Å²) in [5.41, 5.74) is 13.7. The van der Waals surface area contributed by atoms with E-state index in [0.29, 0.717) is 11.1 Å². The molecule has 0 atom stereocenters. The molecule has 0 bridgehead atoms. The van der Waals surface area contributed by atoms with E-state index in [1.165, 1.54) is 12.2 Å². The second kappa shape index (κ2) is 25.3. The fraction of sp³-hybridized carbons (Fsp3) is 0. The molecule has 0 radical (unpaired) electrons. The minimum atomic E-state index is -1.30. The van der Waals surface area contributed by atoms with Gasteiger partial charge in [0.05, 0.1) is 22.7 Å². The van der Waals surface area contributed by atoms with E-state index in [-0.39, 0.29) is 11.1 Å². The highest BCUT2D eigenvalue weighted by atomic mass is 16.4. The van der Waals surface area contributed by atoms with Crippen LogP contribution in [0.25, 0.3) is 77.1 Å². The van der Waals surface area contributed by atoms with E-state index < -0.39 is 11.9 Å². The molecule has 0 saturated heterocycles. The highest BCUT2D eigenvalue weighted by Crippen LogP contribution is 2.53. The van der Waals surface area contributed by atoms with E-state index in [0.717, 1.165) is 133 Å². The van der Waals surface area contributed by atoms with Crippen LogP contribution in [0.1, 0.15) is 11.1 Å². The summed E-state index contributed by atoms with van der Waals surface area (Å²) in [5.74, 6) is -2.57. The van der Waals surface area contributed by atoms with Gasteiger partial charge in [0, 0.05) is 77.8 Å². The number of hydrogen-bond acceptors (Lipinski definition) is 8. The van der Waals surface area contributed by atoms with Gasteiger partial charge < -0.3 is 29.8 Å². The standard InChI is InChI=1S/C86H56N6O4/c87-55-63(85(93)94)51-57-33-42-70(43-34-57)89(65-20-6-1-7-21-65)79-49-40-60-39-48-77-80(50-41-61-38-47-76(79)81(60)82(61)77)90(66-22-8-2-9-23-66)71-44-36-59(37-45-71)62-19-18-30-72(54-62)92(69-28-14-5-15-29-69)84-74-32-17-16-31-73(74)83(75-46-35-58(53-78(75)84)52-64(56-88)86(95)96)91(67-24-10-3-11-25-67)68-26-12-4-13-27-68/h1-54H,(H,93,94)(H,95,96)/b63-51+,64-52+. The Kier molecular flexibility index (Phi) is 15.5. The van der Waals surface area contributed by atoms with Crippen LogP contribution in [0.3, 0.4) is 0 Å². The topological polar surface area (TPSA) is 135 Å². The van der Waals surface area contributed by atoms with Gasteiger partial charge in [0.25, 0.3) is 0 Å². The average molecular weight is 1240 g/mol. The summed E-state index contributed by atoms with van der Waals surface area (Å²) in [6.45, 7) is 0. The quantitative estimate of drug-likeness (QED) is 0.0298. The number of aliphatic carboxylic acids is 2. The molecule has 0 aliphatic heterocycles. The molecule has 15 aromatic carbocycles. The Morgan fingerprint density at radius 1 is 0.292 bits per heavy atom. The predicted octanol–water partition coefficient (Wildman–Crippen LogP) is 22.4. The lowest BCUT2D eigenvalue weighted by molar-refractivity contribution is -0.133. The molecule has 0 aliphatic carbocycles. The van der Waals surface area contributed by atoms with Crippen molar-refractivity contribution in [1.29, 1.82) is 10.5 Å². The van der Waals surface area contributed by atoms with Crippen molar-refractivity contribution in [2.24, 2.45) is 0 Å². The van der Waals surface area contributed by atoms with Crippen molar-refractivity contribution in [2.75, 3.05) is 19.6 Å². The molecular formula is C86H56N6O4. The van der Waals surface area contributed by atoms with E-state index in [2.05, 4.69) is 214 Å². The van der Waals surface area contributed by atoms with Crippen molar-refractivity contribution in [1.82, 2.24) is 0 Å². The summed E-state index contributed by atoms with van der Waals surface area (Å²) in [4.78, 5) is 33.3. The molecule has 15 rings (SSSR count). The Balaban J connectivity index is 0.861. The second-order valence-electron chi connectivity index (χ2n) is 23.3. The molecule has 0 saturated carbocycles. The zero-order valence-corrected chi connectivity index (χ0v) is 51.6. The van der Waals surface area contributed by atoms with Crippen molar-refractivity contribution in [2.45, 2.75) is 0 Å². The number of carboxylic acid groups (broad SMARTS) is 2. The Bertz CT molecular complexity index is 5580. The fourth-order valence-electron chi connectivity index (χ4n) is 13.4. The normalized spacial score (nSPS) is 11.6. The molecule has 454 valence electrons. The monoisotopic (exact) mass is 1240 g/mol. The van der Waals surface area contributed by atoms with Gasteiger partial charge in [-0.05, 0) is 171 Å². The number of fused-ring (bicyclic) bond motifs is 2. The van der Waals surface area contributed by atoms with Gasteiger partial charge in [0.1, 0.15) is 23.3 Å². The molecule has 2 N–H and O–H groups in total. The average Bonchev–Trinajstić information content (AvgIpc) is 0.730. The van der Waals surface area contributed by atoms with Gasteiger partial charge in [-0.15, -0.1) is 0 Å². The van der Waals surface area contributed by atoms with Crippen LogP contribution in [0.2, 0.25) is 0 Å². The summed E-state index contributed by atoms with van der Waals surface area (Å²) in [5, 5.41) is 49.6. The van der Waals surface area contributed by atoms with Crippen LogP contribution in [-0.4, -0.2) is 22.2 Å². The predicted molar refractivity (Wildman–Crippen MR) is 392 cm³/mol. The van der Waals surface area contributed by atoms with Gasteiger partial charge in [0.2, 0.25) is 0 Å². The number of nitrogens with zero attached hydrogens (tertiary/aromatic N) is 6. The van der Waals surface area contributed by atoms with Gasteiger partial charge >= 0.3 is 11.9 Å². The van der Waals surface area contributed by atoms with Gasteiger partial charge in [0.15, 0.2) is 0 Å². The molecule has 15 aromatic rings. The molecule has 96 heavy (non-hydrogen) atoms. The summed E-state index contributed by atoms with van der Waals surface area (Å²) < 4.78 is 0. The molecule has 0 fully saturated rings. The maximum atomic E-state index is 12.4. The number of carboxylic acids is 2. The van der Waals surface area contributed by atoms with Crippen LogP contribution in [0, 0.1) is 22.7 Å². The van der Waals surface area contributed by atoms with Crippen molar-refractivity contribution < 1.29 is 19.8 Å². The van der Waals surface area contributed by atoms with Crippen LogP contribution in [0.4, 0.5) is 68.2 Å². The number of para-hydroxylation sites is 5. The van der Waals surface area contributed by atoms with Crippen molar-refractivity contribution in [3.05, 3.63) is 338 Å². The zero-order chi connectivity index (χ0) is 65.2. The molecule has 0 unspecified atom stereocenters. The molecule has 0 spiro atoms. The molecule has 0 heterocycles. The molecular weight excluding hydrogens is 1180 g/mol. The Hall–Kier alpha value is -13.5. The van der Waals surface area contributed by atoms with Crippen molar-refractivity contribution in [3.8, 4) is 23.3 Å². The van der Waals surface area contributed by atoms with Crippen molar-refractivity contribution >= 4 is 146 Å². The summed E-state index contributed by atoms with van der Waals surface area (Å²) in [6, 6.07) is 112. The summed E-state index contributed by atoms with van der Waals surface area (Å²) in [6.07, 6.45) is 2.82. The third-order valence-electron chi connectivity index (χ3n) is 17.6. The minimum absolute atomic E-state index is 0.339. The maximum Gasteiger partial charge on any atom is 0.346 e. The van der Waals surface area contributed by atoms with Gasteiger partial charge in [-0.1, -0.05) is 200 Å². The third-order valence-corrected chi connectivity index (χ3v) is 17.6. The van der Waals surface area contributed by atoms with E-state index in [9.17, 15) is 30.3 Å². The molecule has 10 heteroatoms. The number of benzene rings is 15. The van der Waals surface area contributed by atoms with E-state index >= 15 is 0 Å². The second-order valence-corrected chi connectivity index (χ2v) is 23.3. The first-order chi connectivity index (χ1) is 47.2. The zero-order valence-electron chi connectivity index (χ0n) is 51.6. The molecule has 10 nitrogen and oxygen atoms in total. The lowest BCUT2D eigenvalue weighted by Gasteiger charge is -2.33. The van der Waals surface area contributed by atoms with Gasteiger partial charge in [-0.25, -0.2) is 9.59 Å². The molecule has 0 aliphatic rings. The van der Waals surface area contributed by atoms with Crippen LogP contribution < -0.4 is 19.6 Å². The number of nitriles is 2. The van der Waals surface area contributed by atoms with E-state index in [1.807, 2.05) is 127 Å². The number of hydrogen-bond donors (Lipinski definition) is 2. The third kappa shape index (κ3) is 10.8. The highest BCUT2D eigenvalue weighted by molar-refractivity contribution is 6.28. The first-order valence-electron chi connectivity index (χ1n) is 31.4. The highest BCUT2D eigenvalue weighted by Gasteiger charge is 2.28. The summed E-state index contributed by atoms with van der Waals surface area (Å²) in [7, 11) is 0. The first kappa shape index (κ1) is 58.8. The van der Waals surface area contributed by atoms with Crippen LogP contribution in [0.15, 0.2) is 327 Å². The van der Waals surface area contributed by atoms with Crippen molar-refractivity contribution in [3.63, 3.8) is 0 Å². The van der Waals surface area contributed by atoms with Gasteiger partial charge in [-0.3, -0.25) is 0 Å². The first-order valence-corrected chi connectivity index (χ1v) is 31.4. The van der Waals surface area contributed by atoms with Crippen LogP contribution in [-0.2, 0) is 9.59 Å². The lowest BCUT2D eigenvalue weighted by atomic mass is 9.91. The van der Waals surface area contributed by atoms with Crippen LogP contribution in [0.5, 0.6) is 0 Å². The molecule has 0 aromatic heterocycles. The van der Waals surface area contributed by atoms with E-state index in [1.54, 1.807) is 6.07 Å². The number of carbonyl (C=O) groups is 2. The van der Waals surface area contributed by atoms with Gasteiger partial charge in [-0.2, -0.15) is 10.5 Å². The molecule has 0 amide bonds. The largest absolute Gasteiger partial charge is 0.477 e. The SMILES string of the molecule is N#C/C(=C\c1ccc(N(c2ccccc2)c2ccc3ccc4c(N(c5ccccc5)c5ccc(-c6cccc(N(c7ccccc7)c7c8ccccc8c(N(c8ccccc8)c8ccccc8)c8ccc(/C=C(\C#N)C(=O)O)cc78)c6)cc5)ccc5ccc2c3c54)cc1)C(=O)O. The Morgan fingerprint density at radius 3 is 1.08 bits per heavy atom. The smallest absolute Gasteiger partial charge is 0.346 e.